The normalized spacial score (nSPS) is 17.7. The molecule has 2 heteroatoms. The van der Waals surface area contributed by atoms with Crippen LogP contribution in [-0.2, 0) is 4.79 Å². The van der Waals surface area contributed by atoms with Gasteiger partial charge in [-0.3, -0.25) is 4.79 Å². The fourth-order valence-electron chi connectivity index (χ4n) is 1.94. The zero-order valence-corrected chi connectivity index (χ0v) is 8.02. The van der Waals surface area contributed by atoms with Gasteiger partial charge in [0.25, 0.3) is 0 Å². The van der Waals surface area contributed by atoms with Gasteiger partial charge in [0.1, 0.15) is 0 Å². The molecule has 2 nitrogen and oxygen atoms in total. The molecule has 14 heavy (non-hydrogen) atoms. The Morgan fingerprint density at radius 1 is 1.36 bits per heavy atom. The molecule has 0 bridgehead atoms. The van der Waals surface area contributed by atoms with E-state index in [2.05, 4.69) is 0 Å². The van der Waals surface area contributed by atoms with Crippen molar-refractivity contribution < 1.29 is 9.90 Å². The molecule has 1 saturated carbocycles. The second kappa shape index (κ2) is 3.82. The molecule has 74 valence electrons. The van der Waals surface area contributed by atoms with Crippen LogP contribution in [0.3, 0.4) is 0 Å². The van der Waals surface area contributed by atoms with Crippen LogP contribution in [-0.4, -0.2) is 11.1 Å². The third-order valence-corrected chi connectivity index (χ3v) is 2.81. The van der Waals surface area contributed by atoms with Crippen LogP contribution >= 0.6 is 0 Å². The number of hydrogen-bond acceptors (Lipinski definition) is 1. The van der Waals surface area contributed by atoms with E-state index in [0.717, 1.165) is 0 Å². The maximum absolute atomic E-state index is 10.7. The first-order chi connectivity index (χ1) is 6.77. The third-order valence-electron chi connectivity index (χ3n) is 2.81. The second-order valence-corrected chi connectivity index (χ2v) is 3.95. The summed E-state index contributed by atoms with van der Waals surface area (Å²) >= 11 is 0. The van der Waals surface area contributed by atoms with E-state index >= 15 is 0 Å². The number of benzene rings is 1. The standard InChI is InChI=1S/C12H14O2/c13-12(14)8-11(10-6-7-10)9-4-2-1-3-5-9/h1-5,10-11H,6-8H2,(H,13,14). The van der Waals surface area contributed by atoms with Crippen molar-refractivity contribution >= 4 is 5.97 Å². The van der Waals surface area contributed by atoms with Crippen LogP contribution in [0.2, 0.25) is 0 Å². The number of aliphatic carboxylic acids is 1. The van der Waals surface area contributed by atoms with Gasteiger partial charge in [-0.1, -0.05) is 30.3 Å². The zero-order chi connectivity index (χ0) is 9.97. The van der Waals surface area contributed by atoms with E-state index in [-0.39, 0.29) is 12.3 Å². The maximum Gasteiger partial charge on any atom is 0.303 e. The second-order valence-electron chi connectivity index (χ2n) is 3.95. The van der Waals surface area contributed by atoms with Crippen LogP contribution in [0.4, 0.5) is 0 Å². The Labute approximate surface area is 83.6 Å². The molecular weight excluding hydrogens is 176 g/mol. The topological polar surface area (TPSA) is 37.3 Å². The highest BCUT2D eigenvalue weighted by Gasteiger charge is 2.33. The van der Waals surface area contributed by atoms with Gasteiger partial charge in [0.2, 0.25) is 0 Å². The molecule has 1 fully saturated rings. The van der Waals surface area contributed by atoms with Crippen LogP contribution in [0.15, 0.2) is 30.3 Å². The van der Waals surface area contributed by atoms with Crippen LogP contribution in [0.1, 0.15) is 30.7 Å². The van der Waals surface area contributed by atoms with E-state index in [1.54, 1.807) is 0 Å². The molecule has 1 aliphatic rings. The first kappa shape index (κ1) is 9.25. The largest absolute Gasteiger partial charge is 0.481 e. The quantitative estimate of drug-likeness (QED) is 0.792. The van der Waals surface area contributed by atoms with Gasteiger partial charge in [0.05, 0.1) is 6.42 Å². The summed E-state index contributed by atoms with van der Waals surface area (Å²) in [4.78, 5) is 10.7. The van der Waals surface area contributed by atoms with Crippen LogP contribution in [0.25, 0.3) is 0 Å². The lowest BCUT2D eigenvalue weighted by atomic mass is 9.91. The van der Waals surface area contributed by atoms with Gasteiger partial charge in [-0.15, -0.1) is 0 Å². The molecule has 0 aliphatic heterocycles. The summed E-state index contributed by atoms with van der Waals surface area (Å²) in [6.45, 7) is 0. The van der Waals surface area contributed by atoms with Crippen molar-refractivity contribution in [1.29, 1.82) is 0 Å². The molecule has 0 radical (unpaired) electrons. The first-order valence-corrected chi connectivity index (χ1v) is 5.04. The third kappa shape index (κ3) is 2.13. The Bertz CT molecular complexity index is 314. The molecule has 0 spiro atoms. The Morgan fingerprint density at radius 2 is 2.00 bits per heavy atom. The molecule has 1 atom stereocenters. The summed E-state index contributed by atoms with van der Waals surface area (Å²) < 4.78 is 0. The van der Waals surface area contributed by atoms with E-state index in [1.807, 2.05) is 30.3 Å². The Kier molecular flexibility index (Phi) is 2.53. The van der Waals surface area contributed by atoms with Crippen molar-refractivity contribution in [3.8, 4) is 0 Å². The molecule has 0 amide bonds. The van der Waals surface area contributed by atoms with Gasteiger partial charge in [0, 0.05) is 0 Å². The highest BCUT2D eigenvalue weighted by Crippen LogP contribution is 2.44. The highest BCUT2D eigenvalue weighted by atomic mass is 16.4. The predicted molar refractivity (Wildman–Crippen MR) is 54.2 cm³/mol. The Hall–Kier alpha value is -1.31. The van der Waals surface area contributed by atoms with Crippen molar-refractivity contribution in [1.82, 2.24) is 0 Å². The van der Waals surface area contributed by atoms with E-state index in [1.165, 1.54) is 18.4 Å². The molecule has 1 N–H and O–H groups in total. The molecule has 1 unspecified atom stereocenters. The smallest absolute Gasteiger partial charge is 0.303 e. The number of carbonyl (C=O) groups is 1. The summed E-state index contributed by atoms with van der Waals surface area (Å²) in [6.07, 6.45) is 2.65. The van der Waals surface area contributed by atoms with E-state index in [9.17, 15) is 4.79 Å². The average Bonchev–Trinajstić information content (AvgIpc) is 2.99. The highest BCUT2D eigenvalue weighted by molar-refractivity contribution is 5.68. The minimum Gasteiger partial charge on any atom is -0.481 e. The van der Waals surface area contributed by atoms with Gasteiger partial charge in [0.15, 0.2) is 0 Å². The zero-order valence-electron chi connectivity index (χ0n) is 8.02. The molecule has 0 aromatic heterocycles. The number of rotatable bonds is 4. The van der Waals surface area contributed by atoms with E-state index in [0.29, 0.717) is 5.92 Å². The molecule has 1 aromatic rings. The monoisotopic (exact) mass is 190 g/mol. The predicted octanol–water partition coefficient (Wildman–Crippen LogP) is 2.65. The van der Waals surface area contributed by atoms with Crippen LogP contribution in [0.5, 0.6) is 0 Å². The summed E-state index contributed by atoms with van der Waals surface area (Å²) in [6, 6.07) is 9.99. The Balaban J connectivity index is 2.14. The SMILES string of the molecule is O=C(O)CC(c1ccccc1)C1CC1. The van der Waals surface area contributed by atoms with Crippen molar-refractivity contribution in [3.05, 3.63) is 35.9 Å². The molecule has 1 aromatic carbocycles. The van der Waals surface area contributed by atoms with Crippen LogP contribution < -0.4 is 0 Å². The fraction of sp³-hybridized carbons (Fsp3) is 0.417. The van der Waals surface area contributed by atoms with Crippen molar-refractivity contribution in [3.63, 3.8) is 0 Å². The van der Waals surface area contributed by atoms with Crippen LogP contribution in [0, 0.1) is 5.92 Å². The molecule has 2 rings (SSSR count). The van der Waals surface area contributed by atoms with Gasteiger partial charge in [-0.2, -0.15) is 0 Å². The van der Waals surface area contributed by atoms with Gasteiger partial charge >= 0.3 is 5.97 Å². The Morgan fingerprint density at radius 3 is 2.50 bits per heavy atom. The lowest BCUT2D eigenvalue weighted by Gasteiger charge is -2.13. The number of carboxylic acid groups (broad SMARTS) is 1. The van der Waals surface area contributed by atoms with Crippen molar-refractivity contribution in [2.24, 2.45) is 5.92 Å². The minimum absolute atomic E-state index is 0.230. The number of hydrogen-bond donors (Lipinski definition) is 1. The average molecular weight is 190 g/mol. The first-order valence-electron chi connectivity index (χ1n) is 5.04. The molecular formula is C12H14O2. The summed E-state index contributed by atoms with van der Waals surface area (Å²) in [5.74, 6) is 0.146. The maximum atomic E-state index is 10.7. The van der Waals surface area contributed by atoms with E-state index < -0.39 is 5.97 Å². The summed E-state index contributed by atoms with van der Waals surface area (Å²) in [7, 11) is 0. The molecule has 1 aliphatic carbocycles. The lowest BCUT2D eigenvalue weighted by Crippen LogP contribution is -2.08. The van der Waals surface area contributed by atoms with E-state index in [4.69, 9.17) is 5.11 Å². The fourth-order valence-corrected chi connectivity index (χ4v) is 1.94. The summed E-state index contributed by atoms with van der Waals surface area (Å²) in [5, 5.41) is 8.82. The van der Waals surface area contributed by atoms with Gasteiger partial charge in [-0.05, 0) is 30.2 Å². The van der Waals surface area contributed by atoms with Crippen molar-refractivity contribution in [2.45, 2.75) is 25.2 Å². The number of carboxylic acids is 1. The molecule has 0 saturated heterocycles. The van der Waals surface area contributed by atoms with Crippen molar-refractivity contribution in [2.75, 3.05) is 0 Å². The lowest BCUT2D eigenvalue weighted by molar-refractivity contribution is -0.137. The van der Waals surface area contributed by atoms with Gasteiger partial charge < -0.3 is 5.11 Å². The molecule has 0 heterocycles. The summed E-state index contributed by atoms with van der Waals surface area (Å²) in [5.41, 5.74) is 1.18. The van der Waals surface area contributed by atoms with Gasteiger partial charge in [-0.25, -0.2) is 0 Å². The minimum atomic E-state index is -0.689.